The van der Waals surface area contributed by atoms with Crippen molar-refractivity contribution in [3.05, 3.63) is 24.3 Å². The lowest BCUT2D eigenvalue weighted by Crippen LogP contribution is -2.07. The molecule has 1 aromatic carbocycles. The molecular formula is C17H27NO2S. The zero-order chi connectivity index (χ0) is 15.1. The van der Waals surface area contributed by atoms with E-state index in [9.17, 15) is 8.42 Å². The Morgan fingerprint density at radius 1 is 1.14 bits per heavy atom. The second-order valence-corrected chi connectivity index (χ2v) is 8.17. The van der Waals surface area contributed by atoms with E-state index in [1.165, 1.54) is 38.5 Å². The Kier molecular flexibility index (Phi) is 6.09. The maximum Gasteiger partial charge on any atom is 0.178 e. The summed E-state index contributed by atoms with van der Waals surface area (Å²) in [5.74, 6) is 1.16. The first kappa shape index (κ1) is 16.3. The van der Waals surface area contributed by atoms with Crippen molar-refractivity contribution in [1.82, 2.24) is 0 Å². The Labute approximate surface area is 129 Å². The van der Waals surface area contributed by atoms with Crippen LogP contribution < -0.4 is 5.32 Å². The molecule has 0 radical (unpaired) electrons. The molecule has 0 aromatic heterocycles. The summed E-state index contributed by atoms with van der Waals surface area (Å²) in [4.78, 5) is 0.431. The molecule has 0 amide bonds. The summed E-state index contributed by atoms with van der Waals surface area (Å²) < 4.78 is 23.9. The van der Waals surface area contributed by atoms with Gasteiger partial charge in [-0.3, -0.25) is 0 Å². The molecule has 0 saturated heterocycles. The SMILES string of the molecule is CCCS(=O)(=O)c1ccc(NCCCC2CCCC2)cc1. The van der Waals surface area contributed by atoms with Crippen molar-refractivity contribution in [2.45, 2.75) is 56.8 Å². The fraction of sp³-hybridized carbons (Fsp3) is 0.647. The predicted octanol–water partition coefficient (Wildman–Crippen LogP) is 4.25. The van der Waals surface area contributed by atoms with Gasteiger partial charge in [0.15, 0.2) is 9.84 Å². The van der Waals surface area contributed by atoms with Gasteiger partial charge in [0, 0.05) is 12.2 Å². The molecule has 1 aliphatic carbocycles. The van der Waals surface area contributed by atoms with E-state index in [0.29, 0.717) is 11.3 Å². The van der Waals surface area contributed by atoms with Crippen molar-refractivity contribution in [3.8, 4) is 0 Å². The molecule has 0 spiro atoms. The highest BCUT2D eigenvalue weighted by atomic mass is 32.2. The third kappa shape index (κ3) is 5.03. The van der Waals surface area contributed by atoms with Crippen molar-refractivity contribution in [3.63, 3.8) is 0 Å². The Morgan fingerprint density at radius 3 is 2.43 bits per heavy atom. The minimum Gasteiger partial charge on any atom is -0.385 e. The fourth-order valence-electron chi connectivity index (χ4n) is 3.09. The van der Waals surface area contributed by atoms with E-state index in [2.05, 4.69) is 5.32 Å². The topological polar surface area (TPSA) is 46.2 Å². The zero-order valence-electron chi connectivity index (χ0n) is 13.0. The molecule has 0 aliphatic heterocycles. The predicted molar refractivity (Wildman–Crippen MR) is 88.5 cm³/mol. The monoisotopic (exact) mass is 309 g/mol. The first-order valence-electron chi connectivity index (χ1n) is 8.18. The van der Waals surface area contributed by atoms with Gasteiger partial charge in [-0.05, 0) is 49.4 Å². The fourth-order valence-corrected chi connectivity index (χ4v) is 4.41. The van der Waals surface area contributed by atoms with Gasteiger partial charge in [0.05, 0.1) is 10.6 Å². The first-order valence-corrected chi connectivity index (χ1v) is 9.84. The Bertz CT molecular complexity index is 516. The molecule has 0 atom stereocenters. The second-order valence-electron chi connectivity index (χ2n) is 6.06. The number of nitrogens with one attached hydrogen (secondary N) is 1. The maximum absolute atomic E-state index is 11.9. The van der Waals surface area contributed by atoms with E-state index in [-0.39, 0.29) is 5.75 Å². The summed E-state index contributed by atoms with van der Waals surface area (Å²) >= 11 is 0. The van der Waals surface area contributed by atoms with Gasteiger partial charge in [-0.2, -0.15) is 0 Å². The van der Waals surface area contributed by atoms with Gasteiger partial charge in [0.1, 0.15) is 0 Å². The molecule has 0 unspecified atom stereocenters. The molecule has 3 nitrogen and oxygen atoms in total. The molecule has 21 heavy (non-hydrogen) atoms. The summed E-state index contributed by atoms with van der Waals surface area (Å²) in [5, 5.41) is 3.38. The largest absolute Gasteiger partial charge is 0.385 e. The van der Waals surface area contributed by atoms with Gasteiger partial charge in [-0.25, -0.2) is 8.42 Å². The molecule has 2 rings (SSSR count). The molecule has 1 aliphatic rings. The van der Waals surface area contributed by atoms with Crippen LogP contribution in [0.3, 0.4) is 0 Å². The Hall–Kier alpha value is -1.03. The summed E-state index contributed by atoms with van der Waals surface area (Å²) in [6.07, 6.45) is 8.80. The average Bonchev–Trinajstić information content (AvgIpc) is 2.97. The number of sulfone groups is 1. The van der Waals surface area contributed by atoms with Crippen molar-refractivity contribution >= 4 is 15.5 Å². The van der Waals surface area contributed by atoms with Crippen molar-refractivity contribution in [1.29, 1.82) is 0 Å². The van der Waals surface area contributed by atoms with Crippen LogP contribution in [0.4, 0.5) is 5.69 Å². The molecule has 0 bridgehead atoms. The third-order valence-corrected chi connectivity index (χ3v) is 6.22. The number of hydrogen-bond donors (Lipinski definition) is 1. The molecular weight excluding hydrogens is 282 g/mol. The van der Waals surface area contributed by atoms with Gasteiger partial charge in [0.25, 0.3) is 0 Å². The molecule has 1 N–H and O–H groups in total. The standard InChI is InChI=1S/C17H27NO2S/c1-2-14-21(19,20)17-11-9-16(10-12-17)18-13-5-8-15-6-3-4-7-15/h9-12,15,18H,2-8,13-14H2,1H3. The highest BCUT2D eigenvalue weighted by molar-refractivity contribution is 7.91. The molecule has 118 valence electrons. The Morgan fingerprint density at radius 2 is 1.81 bits per heavy atom. The lowest BCUT2D eigenvalue weighted by molar-refractivity contribution is 0.491. The molecule has 1 saturated carbocycles. The van der Waals surface area contributed by atoms with Gasteiger partial charge in [0.2, 0.25) is 0 Å². The van der Waals surface area contributed by atoms with Gasteiger partial charge in [-0.1, -0.05) is 32.6 Å². The van der Waals surface area contributed by atoms with Crippen molar-refractivity contribution < 1.29 is 8.42 Å². The van der Waals surface area contributed by atoms with Crippen LogP contribution in [0.25, 0.3) is 0 Å². The van der Waals surface area contributed by atoms with Gasteiger partial charge >= 0.3 is 0 Å². The maximum atomic E-state index is 11.9. The summed E-state index contributed by atoms with van der Waals surface area (Å²) in [6, 6.07) is 7.17. The minimum absolute atomic E-state index is 0.223. The zero-order valence-corrected chi connectivity index (χ0v) is 13.8. The highest BCUT2D eigenvalue weighted by Gasteiger charge is 2.14. The smallest absolute Gasteiger partial charge is 0.178 e. The lowest BCUT2D eigenvalue weighted by atomic mass is 10.0. The van der Waals surface area contributed by atoms with E-state index < -0.39 is 9.84 Å². The van der Waals surface area contributed by atoms with E-state index in [1.54, 1.807) is 12.1 Å². The molecule has 0 heterocycles. The quantitative estimate of drug-likeness (QED) is 0.730. The Balaban J connectivity index is 1.77. The van der Waals surface area contributed by atoms with E-state index in [1.807, 2.05) is 19.1 Å². The van der Waals surface area contributed by atoms with Crippen LogP contribution in [-0.4, -0.2) is 20.7 Å². The van der Waals surface area contributed by atoms with Gasteiger partial charge < -0.3 is 5.32 Å². The molecule has 1 aromatic rings. The number of hydrogen-bond acceptors (Lipinski definition) is 3. The van der Waals surface area contributed by atoms with E-state index >= 15 is 0 Å². The second kappa shape index (κ2) is 7.83. The normalized spacial score (nSPS) is 16.2. The number of anilines is 1. The minimum atomic E-state index is -3.09. The first-order chi connectivity index (χ1) is 10.1. The van der Waals surface area contributed by atoms with Crippen LogP contribution in [0.1, 0.15) is 51.9 Å². The van der Waals surface area contributed by atoms with Crippen LogP contribution in [0.2, 0.25) is 0 Å². The molecule has 4 heteroatoms. The number of benzene rings is 1. The summed E-state index contributed by atoms with van der Waals surface area (Å²) in [7, 11) is -3.09. The van der Waals surface area contributed by atoms with Gasteiger partial charge in [-0.15, -0.1) is 0 Å². The summed E-state index contributed by atoms with van der Waals surface area (Å²) in [6.45, 7) is 2.86. The van der Waals surface area contributed by atoms with Crippen LogP contribution in [0, 0.1) is 5.92 Å². The summed E-state index contributed by atoms with van der Waals surface area (Å²) in [5.41, 5.74) is 1.01. The average molecular weight is 309 g/mol. The van der Waals surface area contributed by atoms with Crippen LogP contribution in [-0.2, 0) is 9.84 Å². The highest BCUT2D eigenvalue weighted by Crippen LogP contribution is 2.28. The van der Waals surface area contributed by atoms with E-state index in [4.69, 9.17) is 0 Å². The van der Waals surface area contributed by atoms with Crippen LogP contribution in [0.15, 0.2) is 29.2 Å². The third-order valence-electron chi connectivity index (χ3n) is 4.28. The molecule has 1 fully saturated rings. The lowest BCUT2D eigenvalue weighted by Gasteiger charge is -2.10. The van der Waals surface area contributed by atoms with Crippen LogP contribution >= 0.6 is 0 Å². The van der Waals surface area contributed by atoms with Crippen molar-refractivity contribution in [2.75, 3.05) is 17.6 Å². The number of rotatable bonds is 8. The van der Waals surface area contributed by atoms with Crippen molar-refractivity contribution in [2.24, 2.45) is 5.92 Å². The van der Waals surface area contributed by atoms with Crippen LogP contribution in [0.5, 0.6) is 0 Å². The van der Waals surface area contributed by atoms with E-state index in [0.717, 1.165) is 18.2 Å².